The molecule has 0 aromatic heterocycles. The van der Waals surface area contributed by atoms with Crippen molar-refractivity contribution < 1.29 is 22.3 Å². The molecule has 0 atom stereocenters. The van der Waals surface area contributed by atoms with Crippen molar-refractivity contribution in [1.82, 2.24) is 9.62 Å². The number of hydrogen-bond donors (Lipinski definition) is 1. The molecule has 1 fully saturated rings. The largest absolute Gasteiger partial charge is 0.444 e. The fraction of sp³-hybridized carbons (Fsp3) is 0.917. The first-order valence-electron chi connectivity index (χ1n) is 6.52. The van der Waals surface area contributed by atoms with Gasteiger partial charge in [-0.25, -0.2) is 21.9 Å². The quantitative estimate of drug-likeness (QED) is 0.852. The van der Waals surface area contributed by atoms with Crippen LogP contribution >= 0.6 is 0 Å². The molecule has 0 aliphatic carbocycles. The summed E-state index contributed by atoms with van der Waals surface area (Å²) in [7, 11) is -3.28. The first-order valence-corrected chi connectivity index (χ1v) is 8.37. The van der Waals surface area contributed by atoms with E-state index in [-0.39, 0.29) is 32.5 Å². The van der Waals surface area contributed by atoms with E-state index in [2.05, 4.69) is 5.32 Å². The summed E-state index contributed by atoms with van der Waals surface area (Å²) in [6, 6.07) is 0. The zero-order valence-electron chi connectivity index (χ0n) is 12.4. The average molecular weight is 310 g/mol. The van der Waals surface area contributed by atoms with Gasteiger partial charge in [0.1, 0.15) is 11.3 Å². The Bertz CT molecular complexity index is 451. The first kappa shape index (κ1) is 17.2. The Labute approximate surface area is 119 Å². The molecule has 0 radical (unpaired) electrons. The van der Waals surface area contributed by atoms with Crippen LogP contribution < -0.4 is 5.32 Å². The van der Waals surface area contributed by atoms with Crippen molar-refractivity contribution in [2.45, 2.75) is 44.9 Å². The molecule has 0 spiro atoms. The van der Waals surface area contributed by atoms with Gasteiger partial charge < -0.3 is 10.1 Å². The van der Waals surface area contributed by atoms with Crippen LogP contribution in [0.5, 0.6) is 0 Å². The molecular weight excluding hydrogens is 287 g/mol. The Morgan fingerprint density at radius 3 is 2.25 bits per heavy atom. The number of nitrogens with one attached hydrogen (secondary N) is 1. The first-order chi connectivity index (χ1) is 8.91. The Hall–Kier alpha value is -0.890. The number of ether oxygens (including phenoxy) is 1. The van der Waals surface area contributed by atoms with Gasteiger partial charge in [0.2, 0.25) is 10.0 Å². The standard InChI is InChI=1S/C12H23FN2O4S/c1-11(2,3)19-10(16)14-9-12(13)5-7-15(8-6-12)20(4,17)18/h5-9H2,1-4H3,(H,14,16). The zero-order valence-corrected chi connectivity index (χ0v) is 13.2. The highest BCUT2D eigenvalue weighted by Gasteiger charge is 2.37. The van der Waals surface area contributed by atoms with Crippen LogP contribution in [0.15, 0.2) is 0 Å². The van der Waals surface area contributed by atoms with Crippen LogP contribution in [0.1, 0.15) is 33.6 Å². The monoisotopic (exact) mass is 310 g/mol. The summed E-state index contributed by atoms with van der Waals surface area (Å²) in [4.78, 5) is 11.5. The number of rotatable bonds is 3. The van der Waals surface area contributed by atoms with E-state index in [9.17, 15) is 17.6 Å². The number of amides is 1. The van der Waals surface area contributed by atoms with E-state index < -0.39 is 27.4 Å². The molecule has 20 heavy (non-hydrogen) atoms. The summed E-state index contributed by atoms with van der Waals surface area (Å²) >= 11 is 0. The molecule has 118 valence electrons. The lowest BCUT2D eigenvalue weighted by Gasteiger charge is -2.35. The summed E-state index contributed by atoms with van der Waals surface area (Å²) in [5, 5.41) is 2.40. The van der Waals surface area contributed by atoms with Gasteiger partial charge in [0.05, 0.1) is 12.8 Å². The molecule has 1 aliphatic rings. The fourth-order valence-electron chi connectivity index (χ4n) is 1.94. The maximum absolute atomic E-state index is 14.4. The molecule has 8 heteroatoms. The third-order valence-corrected chi connectivity index (χ3v) is 4.34. The van der Waals surface area contributed by atoms with Crippen molar-refractivity contribution in [3.8, 4) is 0 Å². The third kappa shape index (κ3) is 5.62. The molecule has 0 unspecified atom stereocenters. The van der Waals surface area contributed by atoms with E-state index in [1.165, 1.54) is 4.31 Å². The SMILES string of the molecule is CC(C)(C)OC(=O)NCC1(F)CCN(S(C)(=O)=O)CC1. The lowest BCUT2D eigenvalue weighted by molar-refractivity contribution is 0.0415. The Morgan fingerprint density at radius 2 is 1.85 bits per heavy atom. The Balaban J connectivity index is 2.44. The molecule has 1 amide bonds. The minimum Gasteiger partial charge on any atom is -0.444 e. The van der Waals surface area contributed by atoms with Gasteiger partial charge in [-0.2, -0.15) is 0 Å². The van der Waals surface area contributed by atoms with E-state index in [4.69, 9.17) is 4.74 Å². The smallest absolute Gasteiger partial charge is 0.407 e. The number of alkyl halides is 1. The molecular formula is C12H23FN2O4S. The average Bonchev–Trinajstić information content (AvgIpc) is 2.23. The molecule has 6 nitrogen and oxygen atoms in total. The number of carbonyl (C=O) groups is 1. The van der Waals surface area contributed by atoms with Gasteiger partial charge in [0, 0.05) is 13.1 Å². The van der Waals surface area contributed by atoms with Gasteiger partial charge in [-0.15, -0.1) is 0 Å². The summed E-state index contributed by atoms with van der Waals surface area (Å²) < 4.78 is 43.4. The van der Waals surface area contributed by atoms with Crippen LogP contribution in [-0.2, 0) is 14.8 Å². The van der Waals surface area contributed by atoms with Gasteiger partial charge in [-0.1, -0.05) is 0 Å². The van der Waals surface area contributed by atoms with E-state index in [0.717, 1.165) is 6.26 Å². The second-order valence-corrected chi connectivity index (χ2v) is 8.15. The summed E-state index contributed by atoms with van der Waals surface area (Å²) in [5.41, 5.74) is -2.22. The topological polar surface area (TPSA) is 75.7 Å². The molecule has 1 heterocycles. The number of hydrogen-bond acceptors (Lipinski definition) is 4. The number of alkyl carbamates (subject to hydrolysis) is 1. The molecule has 1 N–H and O–H groups in total. The highest BCUT2D eigenvalue weighted by molar-refractivity contribution is 7.88. The maximum Gasteiger partial charge on any atom is 0.407 e. The molecule has 1 aliphatic heterocycles. The van der Waals surface area contributed by atoms with E-state index in [1.54, 1.807) is 20.8 Å². The minimum absolute atomic E-state index is 0.0653. The second-order valence-electron chi connectivity index (χ2n) is 6.17. The number of nitrogens with zero attached hydrogens (tertiary/aromatic N) is 1. The number of piperidine rings is 1. The number of halogens is 1. The van der Waals surface area contributed by atoms with Crippen molar-refractivity contribution in [1.29, 1.82) is 0 Å². The number of carbonyl (C=O) groups excluding carboxylic acids is 1. The van der Waals surface area contributed by atoms with Crippen LogP contribution in [0.2, 0.25) is 0 Å². The van der Waals surface area contributed by atoms with Crippen LogP contribution in [-0.4, -0.2) is 56.0 Å². The van der Waals surface area contributed by atoms with Gasteiger partial charge in [-0.05, 0) is 33.6 Å². The van der Waals surface area contributed by atoms with Crippen LogP contribution in [0.25, 0.3) is 0 Å². The van der Waals surface area contributed by atoms with Crippen molar-refractivity contribution in [3.63, 3.8) is 0 Å². The highest BCUT2D eigenvalue weighted by atomic mass is 32.2. The second kappa shape index (κ2) is 5.85. The maximum atomic E-state index is 14.4. The Kier molecular flexibility index (Phi) is 5.02. The minimum atomic E-state index is -3.28. The van der Waals surface area contributed by atoms with Crippen molar-refractivity contribution in [2.24, 2.45) is 0 Å². The summed E-state index contributed by atoms with van der Waals surface area (Å²) in [6.07, 6.45) is 0.572. The van der Waals surface area contributed by atoms with Crippen LogP contribution in [0, 0.1) is 0 Å². The normalized spacial score (nSPS) is 20.4. The molecule has 1 saturated heterocycles. The molecule has 0 aromatic carbocycles. The lowest BCUT2D eigenvalue weighted by atomic mass is 9.94. The molecule has 0 bridgehead atoms. The van der Waals surface area contributed by atoms with E-state index in [1.807, 2.05) is 0 Å². The highest BCUT2D eigenvalue weighted by Crippen LogP contribution is 2.27. The molecule has 1 rings (SSSR count). The molecule has 0 saturated carbocycles. The van der Waals surface area contributed by atoms with E-state index >= 15 is 0 Å². The van der Waals surface area contributed by atoms with Crippen LogP contribution in [0.3, 0.4) is 0 Å². The van der Waals surface area contributed by atoms with Gasteiger partial charge in [0.15, 0.2) is 0 Å². The Morgan fingerprint density at radius 1 is 1.35 bits per heavy atom. The van der Waals surface area contributed by atoms with Crippen molar-refractivity contribution in [2.75, 3.05) is 25.9 Å². The van der Waals surface area contributed by atoms with Crippen LogP contribution in [0.4, 0.5) is 9.18 Å². The fourth-order valence-corrected chi connectivity index (χ4v) is 2.79. The van der Waals surface area contributed by atoms with Gasteiger partial charge in [0.25, 0.3) is 0 Å². The number of sulfonamides is 1. The van der Waals surface area contributed by atoms with Crippen molar-refractivity contribution >= 4 is 16.1 Å². The summed E-state index contributed by atoms with van der Waals surface area (Å²) in [5.74, 6) is 0. The van der Waals surface area contributed by atoms with Crippen molar-refractivity contribution in [3.05, 3.63) is 0 Å². The summed E-state index contributed by atoms with van der Waals surface area (Å²) in [6.45, 7) is 5.27. The molecule has 0 aromatic rings. The van der Waals surface area contributed by atoms with E-state index in [0.29, 0.717) is 0 Å². The predicted octanol–water partition coefficient (Wildman–Crippen LogP) is 1.27. The van der Waals surface area contributed by atoms with Gasteiger partial charge in [-0.3, -0.25) is 0 Å². The third-order valence-electron chi connectivity index (χ3n) is 3.04. The predicted molar refractivity (Wildman–Crippen MR) is 73.7 cm³/mol. The van der Waals surface area contributed by atoms with Gasteiger partial charge >= 0.3 is 6.09 Å². The lowest BCUT2D eigenvalue weighted by Crippen LogP contribution is -2.50. The zero-order chi connectivity index (χ0) is 15.6.